The minimum absolute atomic E-state index is 0.0275. The third-order valence-corrected chi connectivity index (χ3v) is 2.74. The smallest absolute Gasteiger partial charge is 0.156 e. The fourth-order valence-electron chi connectivity index (χ4n) is 1.88. The van der Waals surface area contributed by atoms with Crippen LogP contribution in [0.1, 0.15) is 33.1 Å². The number of amidine groups is 1. The van der Waals surface area contributed by atoms with E-state index < -0.39 is 0 Å². The SMILES string of the molecule is CC1CCC(NC(C)C(N)=NO)C1. The zero-order valence-electron chi connectivity index (χ0n) is 8.33. The van der Waals surface area contributed by atoms with E-state index in [1.165, 1.54) is 19.3 Å². The van der Waals surface area contributed by atoms with E-state index in [1.807, 2.05) is 6.92 Å². The first-order valence-corrected chi connectivity index (χ1v) is 4.87. The molecular formula is C9H19N3O. The molecule has 76 valence electrons. The van der Waals surface area contributed by atoms with E-state index >= 15 is 0 Å². The first-order chi connectivity index (χ1) is 6.13. The molecule has 0 saturated heterocycles. The number of hydrogen-bond acceptors (Lipinski definition) is 3. The fraction of sp³-hybridized carbons (Fsp3) is 0.889. The lowest BCUT2D eigenvalue weighted by Gasteiger charge is -2.17. The van der Waals surface area contributed by atoms with Gasteiger partial charge in [0, 0.05) is 6.04 Å². The Kier molecular flexibility index (Phi) is 3.54. The summed E-state index contributed by atoms with van der Waals surface area (Å²) in [5.41, 5.74) is 5.47. The van der Waals surface area contributed by atoms with Crippen molar-refractivity contribution in [3.63, 3.8) is 0 Å². The zero-order chi connectivity index (χ0) is 9.84. The molecule has 0 amide bonds. The van der Waals surface area contributed by atoms with E-state index in [0.717, 1.165) is 5.92 Å². The molecule has 0 bridgehead atoms. The van der Waals surface area contributed by atoms with E-state index in [9.17, 15) is 0 Å². The number of oxime groups is 1. The van der Waals surface area contributed by atoms with Gasteiger partial charge >= 0.3 is 0 Å². The van der Waals surface area contributed by atoms with E-state index in [4.69, 9.17) is 10.9 Å². The summed E-state index contributed by atoms with van der Waals surface area (Å²) >= 11 is 0. The molecule has 0 aromatic rings. The molecule has 0 aromatic carbocycles. The lowest BCUT2D eigenvalue weighted by atomic mass is 10.1. The average Bonchev–Trinajstić information content (AvgIpc) is 2.49. The lowest BCUT2D eigenvalue weighted by Crippen LogP contribution is -2.43. The first-order valence-electron chi connectivity index (χ1n) is 4.87. The van der Waals surface area contributed by atoms with Gasteiger partial charge in [0.1, 0.15) is 0 Å². The van der Waals surface area contributed by atoms with Gasteiger partial charge in [0.05, 0.1) is 6.04 Å². The quantitative estimate of drug-likeness (QED) is 0.265. The molecule has 3 atom stereocenters. The van der Waals surface area contributed by atoms with Crippen LogP contribution in [0, 0.1) is 5.92 Å². The molecule has 0 radical (unpaired) electrons. The lowest BCUT2D eigenvalue weighted by molar-refractivity contribution is 0.314. The number of nitrogens with two attached hydrogens (primary N) is 1. The van der Waals surface area contributed by atoms with Crippen molar-refractivity contribution in [2.45, 2.75) is 45.2 Å². The predicted molar refractivity (Wildman–Crippen MR) is 52.8 cm³/mol. The molecule has 0 aliphatic heterocycles. The summed E-state index contributed by atoms with van der Waals surface area (Å²) in [6.45, 7) is 4.17. The Balaban J connectivity index is 2.32. The minimum Gasteiger partial charge on any atom is -0.409 e. The van der Waals surface area contributed by atoms with Crippen LogP contribution < -0.4 is 11.1 Å². The van der Waals surface area contributed by atoms with Gasteiger partial charge in [-0.2, -0.15) is 0 Å². The van der Waals surface area contributed by atoms with Gasteiger partial charge in [-0.3, -0.25) is 0 Å². The van der Waals surface area contributed by atoms with E-state index in [2.05, 4.69) is 17.4 Å². The van der Waals surface area contributed by atoms with Crippen molar-refractivity contribution in [3.05, 3.63) is 0 Å². The molecule has 3 unspecified atom stereocenters. The van der Waals surface area contributed by atoms with Gasteiger partial charge in [0.15, 0.2) is 5.84 Å². The van der Waals surface area contributed by atoms with Crippen LogP contribution in [-0.2, 0) is 0 Å². The van der Waals surface area contributed by atoms with Gasteiger partial charge in [-0.05, 0) is 32.1 Å². The number of nitrogens with zero attached hydrogens (tertiary/aromatic N) is 1. The summed E-state index contributed by atoms with van der Waals surface area (Å²) in [6.07, 6.45) is 3.67. The fourth-order valence-corrected chi connectivity index (χ4v) is 1.88. The monoisotopic (exact) mass is 185 g/mol. The molecule has 4 nitrogen and oxygen atoms in total. The molecule has 1 saturated carbocycles. The highest BCUT2D eigenvalue weighted by molar-refractivity contribution is 5.84. The van der Waals surface area contributed by atoms with Crippen LogP contribution >= 0.6 is 0 Å². The van der Waals surface area contributed by atoms with Gasteiger partial charge in [0.25, 0.3) is 0 Å². The molecule has 13 heavy (non-hydrogen) atoms. The maximum atomic E-state index is 8.45. The van der Waals surface area contributed by atoms with Crippen molar-refractivity contribution < 1.29 is 5.21 Å². The second-order valence-electron chi connectivity index (χ2n) is 4.03. The van der Waals surface area contributed by atoms with Crippen LogP contribution in [0.2, 0.25) is 0 Å². The molecule has 1 aliphatic rings. The highest BCUT2D eigenvalue weighted by Crippen LogP contribution is 2.24. The normalized spacial score (nSPS) is 32.0. The Bertz CT molecular complexity index is 193. The van der Waals surface area contributed by atoms with Crippen molar-refractivity contribution in [2.24, 2.45) is 16.8 Å². The van der Waals surface area contributed by atoms with Gasteiger partial charge in [-0.1, -0.05) is 12.1 Å². The Labute approximate surface area is 79.2 Å². The van der Waals surface area contributed by atoms with Crippen LogP contribution in [0.25, 0.3) is 0 Å². The Morgan fingerprint density at radius 2 is 2.31 bits per heavy atom. The zero-order valence-corrected chi connectivity index (χ0v) is 8.33. The van der Waals surface area contributed by atoms with Crippen LogP contribution in [0.3, 0.4) is 0 Å². The second kappa shape index (κ2) is 4.46. The molecular weight excluding hydrogens is 166 g/mol. The van der Waals surface area contributed by atoms with Crippen LogP contribution in [0.5, 0.6) is 0 Å². The van der Waals surface area contributed by atoms with Crippen molar-refractivity contribution in [1.82, 2.24) is 5.32 Å². The predicted octanol–water partition coefficient (Wildman–Crippen LogP) is 0.899. The summed E-state index contributed by atoms with van der Waals surface area (Å²) in [5, 5.41) is 14.8. The highest BCUT2D eigenvalue weighted by atomic mass is 16.4. The maximum absolute atomic E-state index is 8.45. The Hall–Kier alpha value is -0.770. The summed E-state index contributed by atoms with van der Waals surface area (Å²) in [7, 11) is 0. The molecule has 1 fully saturated rings. The molecule has 0 heterocycles. The number of hydrogen-bond donors (Lipinski definition) is 3. The Morgan fingerprint density at radius 1 is 1.62 bits per heavy atom. The molecule has 1 aliphatic carbocycles. The summed E-state index contributed by atoms with van der Waals surface area (Å²) < 4.78 is 0. The molecule has 4 N–H and O–H groups in total. The van der Waals surface area contributed by atoms with Crippen LogP contribution in [-0.4, -0.2) is 23.1 Å². The third-order valence-electron chi connectivity index (χ3n) is 2.74. The summed E-state index contributed by atoms with van der Waals surface area (Å²) in [5.74, 6) is 1.07. The van der Waals surface area contributed by atoms with E-state index in [-0.39, 0.29) is 11.9 Å². The topological polar surface area (TPSA) is 70.6 Å². The van der Waals surface area contributed by atoms with Crippen molar-refractivity contribution in [2.75, 3.05) is 0 Å². The molecule has 0 spiro atoms. The Morgan fingerprint density at radius 3 is 2.77 bits per heavy atom. The highest BCUT2D eigenvalue weighted by Gasteiger charge is 2.23. The molecule has 0 aromatic heterocycles. The van der Waals surface area contributed by atoms with E-state index in [0.29, 0.717) is 6.04 Å². The van der Waals surface area contributed by atoms with Gasteiger partial charge in [0.2, 0.25) is 0 Å². The van der Waals surface area contributed by atoms with Crippen molar-refractivity contribution in [1.29, 1.82) is 0 Å². The van der Waals surface area contributed by atoms with Gasteiger partial charge in [-0.15, -0.1) is 0 Å². The maximum Gasteiger partial charge on any atom is 0.156 e. The summed E-state index contributed by atoms with van der Waals surface area (Å²) in [4.78, 5) is 0. The third kappa shape index (κ3) is 2.88. The van der Waals surface area contributed by atoms with Gasteiger partial charge in [-0.25, -0.2) is 0 Å². The number of rotatable bonds is 3. The minimum atomic E-state index is -0.0275. The summed E-state index contributed by atoms with van der Waals surface area (Å²) in [6, 6.07) is 0.505. The van der Waals surface area contributed by atoms with E-state index in [1.54, 1.807) is 0 Å². The largest absolute Gasteiger partial charge is 0.409 e. The first kappa shape index (κ1) is 10.3. The van der Waals surface area contributed by atoms with Crippen LogP contribution in [0.15, 0.2) is 5.16 Å². The van der Waals surface area contributed by atoms with Gasteiger partial charge < -0.3 is 16.3 Å². The van der Waals surface area contributed by atoms with Crippen LogP contribution in [0.4, 0.5) is 0 Å². The molecule has 1 rings (SSSR count). The standard InChI is InChI=1S/C9H19N3O/c1-6-3-4-8(5-6)11-7(2)9(10)12-13/h6-8,11,13H,3-5H2,1-2H3,(H2,10,12). The van der Waals surface area contributed by atoms with Crippen molar-refractivity contribution >= 4 is 5.84 Å². The van der Waals surface area contributed by atoms with Crippen molar-refractivity contribution in [3.8, 4) is 0 Å². The number of nitrogens with one attached hydrogen (secondary N) is 1. The second-order valence-corrected chi connectivity index (χ2v) is 4.03. The average molecular weight is 185 g/mol. The molecule has 4 heteroatoms.